The van der Waals surface area contributed by atoms with Crippen LogP contribution in [-0.2, 0) is 0 Å². The lowest BCUT2D eigenvalue weighted by atomic mass is 9.91. The van der Waals surface area contributed by atoms with Gasteiger partial charge in [0.15, 0.2) is 0 Å². The molecule has 20 heavy (non-hydrogen) atoms. The van der Waals surface area contributed by atoms with Crippen LogP contribution in [0.4, 0.5) is 0 Å². The summed E-state index contributed by atoms with van der Waals surface area (Å²) in [4.78, 5) is 15.0. The largest absolute Gasteiger partial charge is 0.395 e. The molecule has 0 bridgehead atoms. The molecule has 1 saturated carbocycles. The van der Waals surface area contributed by atoms with Gasteiger partial charge >= 0.3 is 0 Å². The molecule has 1 amide bonds. The maximum Gasteiger partial charge on any atom is 0.265 e. The van der Waals surface area contributed by atoms with Crippen LogP contribution in [0.5, 0.6) is 0 Å². The number of carbonyl (C=O) groups is 1. The third-order valence-corrected chi connectivity index (χ3v) is 4.34. The Morgan fingerprint density at radius 2 is 2.20 bits per heavy atom. The molecule has 0 atom stereocenters. The second-order valence-electron chi connectivity index (χ2n) is 4.75. The first-order valence-corrected chi connectivity index (χ1v) is 7.75. The van der Waals surface area contributed by atoms with Crippen molar-refractivity contribution in [2.45, 2.75) is 31.7 Å². The molecule has 2 N–H and O–H groups in total. The van der Waals surface area contributed by atoms with Crippen molar-refractivity contribution in [2.24, 2.45) is 0 Å². The number of amides is 1. The first kappa shape index (κ1) is 15.0. The minimum absolute atomic E-state index is 0.0147. The van der Waals surface area contributed by atoms with Gasteiger partial charge in [0.1, 0.15) is 4.88 Å². The van der Waals surface area contributed by atoms with E-state index < -0.39 is 0 Å². The van der Waals surface area contributed by atoms with E-state index in [1.807, 2.05) is 11.4 Å². The third kappa shape index (κ3) is 3.40. The monoisotopic (exact) mass is 293 g/mol. The lowest BCUT2D eigenvalue weighted by Crippen LogP contribution is -2.45. The molecule has 1 heterocycles. The van der Waals surface area contributed by atoms with Crippen LogP contribution < -0.4 is 0 Å². The number of hydrogen-bond donors (Lipinski definition) is 2. The van der Waals surface area contributed by atoms with E-state index in [1.165, 1.54) is 11.3 Å². The van der Waals surface area contributed by atoms with Crippen LogP contribution in [0.2, 0.25) is 0 Å². The van der Waals surface area contributed by atoms with Gasteiger partial charge in [-0.1, -0.05) is 11.8 Å². The quantitative estimate of drug-likeness (QED) is 0.808. The van der Waals surface area contributed by atoms with Crippen LogP contribution in [0.15, 0.2) is 11.4 Å². The average molecular weight is 293 g/mol. The van der Waals surface area contributed by atoms with Crippen molar-refractivity contribution in [3.05, 3.63) is 21.9 Å². The van der Waals surface area contributed by atoms with Crippen LogP contribution in [0.3, 0.4) is 0 Å². The fraction of sp³-hybridized carbons (Fsp3) is 0.533. The summed E-state index contributed by atoms with van der Waals surface area (Å²) in [6, 6.07) is 2.09. The van der Waals surface area contributed by atoms with Gasteiger partial charge in [-0.25, -0.2) is 0 Å². The van der Waals surface area contributed by atoms with Crippen molar-refractivity contribution in [3.63, 3.8) is 0 Å². The molecule has 0 unspecified atom stereocenters. The van der Waals surface area contributed by atoms with E-state index in [0.717, 1.165) is 24.8 Å². The van der Waals surface area contributed by atoms with Crippen LogP contribution >= 0.6 is 11.3 Å². The van der Waals surface area contributed by atoms with Gasteiger partial charge < -0.3 is 15.1 Å². The summed E-state index contributed by atoms with van der Waals surface area (Å²) >= 11 is 1.38. The predicted molar refractivity (Wildman–Crippen MR) is 78.7 cm³/mol. The van der Waals surface area contributed by atoms with Crippen molar-refractivity contribution < 1.29 is 15.0 Å². The van der Waals surface area contributed by atoms with Gasteiger partial charge in [0, 0.05) is 24.6 Å². The SMILES string of the molecule is O=C(c1sccc1C#CCCO)N(CCO)C1CCC1. The van der Waals surface area contributed by atoms with Crippen molar-refractivity contribution >= 4 is 17.2 Å². The lowest BCUT2D eigenvalue weighted by Gasteiger charge is -2.37. The predicted octanol–water partition coefficient (Wildman–Crippen LogP) is 1.47. The molecule has 0 spiro atoms. The van der Waals surface area contributed by atoms with E-state index in [1.54, 1.807) is 4.90 Å². The van der Waals surface area contributed by atoms with Gasteiger partial charge in [-0.2, -0.15) is 0 Å². The molecular weight excluding hydrogens is 274 g/mol. The van der Waals surface area contributed by atoms with Crippen LogP contribution in [0.25, 0.3) is 0 Å². The number of aliphatic hydroxyl groups is 2. The Balaban J connectivity index is 2.15. The van der Waals surface area contributed by atoms with Gasteiger partial charge in [-0.15, -0.1) is 11.3 Å². The summed E-state index contributed by atoms with van der Waals surface area (Å²) in [5, 5.41) is 19.7. The zero-order valence-electron chi connectivity index (χ0n) is 11.3. The molecule has 1 aromatic rings. The first-order chi connectivity index (χ1) is 9.77. The molecular formula is C15H19NO3S. The Morgan fingerprint density at radius 3 is 2.80 bits per heavy atom. The summed E-state index contributed by atoms with van der Waals surface area (Å²) in [6.45, 7) is 0.392. The molecule has 2 rings (SSSR count). The molecule has 1 fully saturated rings. The van der Waals surface area contributed by atoms with Gasteiger partial charge in [-0.05, 0) is 30.7 Å². The van der Waals surface area contributed by atoms with E-state index in [4.69, 9.17) is 10.2 Å². The summed E-state index contributed by atoms with van der Waals surface area (Å²) in [7, 11) is 0. The zero-order valence-corrected chi connectivity index (χ0v) is 12.2. The number of thiophene rings is 1. The standard InChI is InChI=1S/C15H19NO3S/c17-9-2-1-4-12-7-11-20-14(12)15(19)16(8-10-18)13-5-3-6-13/h7,11,13,17-18H,2-3,5-6,8-10H2. The lowest BCUT2D eigenvalue weighted by molar-refractivity contribution is 0.0530. The maximum atomic E-state index is 12.6. The summed E-state index contributed by atoms with van der Waals surface area (Å²) in [5.41, 5.74) is 0.718. The minimum Gasteiger partial charge on any atom is -0.395 e. The zero-order chi connectivity index (χ0) is 14.4. The normalized spacial score (nSPS) is 14.3. The van der Waals surface area contributed by atoms with Crippen LogP contribution in [0.1, 0.15) is 40.9 Å². The average Bonchev–Trinajstić information content (AvgIpc) is 2.84. The Kier molecular flexibility index (Phi) is 5.60. The number of aliphatic hydroxyl groups excluding tert-OH is 2. The van der Waals surface area contributed by atoms with Crippen LogP contribution in [0, 0.1) is 11.8 Å². The van der Waals surface area contributed by atoms with E-state index in [0.29, 0.717) is 17.8 Å². The molecule has 108 valence electrons. The molecule has 5 heteroatoms. The van der Waals surface area contributed by atoms with Gasteiger partial charge in [-0.3, -0.25) is 4.79 Å². The van der Waals surface area contributed by atoms with Crippen LogP contribution in [-0.4, -0.2) is 46.8 Å². The molecule has 0 radical (unpaired) electrons. The Morgan fingerprint density at radius 1 is 1.40 bits per heavy atom. The Bertz CT molecular complexity index is 511. The molecule has 1 aromatic heterocycles. The van der Waals surface area contributed by atoms with E-state index in [-0.39, 0.29) is 25.2 Å². The highest BCUT2D eigenvalue weighted by molar-refractivity contribution is 7.12. The molecule has 0 saturated heterocycles. The van der Waals surface area contributed by atoms with E-state index in [2.05, 4.69) is 11.8 Å². The molecule has 1 aliphatic carbocycles. The summed E-state index contributed by atoms with van der Waals surface area (Å²) in [6.07, 6.45) is 3.59. The number of rotatable bonds is 5. The Hall–Kier alpha value is -1.35. The highest BCUT2D eigenvalue weighted by Crippen LogP contribution is 2.28. The van der Waals surface area contributed by atoms with Crippen molar-refractivity contribution in [1.29, 1.82) is 0 Å². The van der Waals surface area contributed by atoms with E-state index >= 15 is 0 Å². The second kappa shape index (κ2) is 7.44. The number of carbonyl (C=O) groups excluding carboxylic acids is 1. The fourth-order valence-corrected chi connectivity index (χ4v) is 2.98. The summed E-state index contributed by atoms with van der Waals surface area (Å²) in [5.74, 6) is 5.75. The fourth-order valence-electron chi connectivity index (χ4n) is 2.17. The topological polar surface area (TPSA) is 60.8 Å². The first-order valence-electron chi connectivity index (χ1n) is 6.87. The summed E-state index contributed by atoms with van der Waals surface area (Å²) < 4.78 is 0. The molecule has 1 aliphatic rings. The van der Waals surface area contributed by atoms with Crippen molar-refractivity contribution in [3.8, 4) is 11.8 Å². The van der Waals surface area contributed by atoms with Crippen molar-refractivity contribution in [1.82, 2.24) is 4.90 Å². The van der Waals surface area contributed by atoms with Gasteiger partial charge in [0.2, 0.25) is 0 Å². The minimum atomic E-state index is -0.0351. The highest BCUT2D eigenvalue weighted by atomic mass is 32.1. The Labute approximate surface area is 123 Å². The third-order valence-electron chi connectivity index (χ3n) is 3.44. The number of hydrogen-bond acceptors (Lipinski definition) is 4. The van der Waals surface area contributed by atoms with Crippen molar-refractivity contribution in [2.75, 3.05) is 19.8 Å². The molecule has 0 aromatic carbocycles. The van der Waals surface area contributed by atoms with Gasteiger partial charge in [0.25, 0.3) is 5.91 Å². The molecule has 4 nitrogen and oxygen atoms in total. The molecule has 0 aliphatic heterocycles. The highest BCUT2D eigenvalue weighted by Gasteiger charge is 2.30. The maximum absolute atomic E-state index is 12.6. The number of nitrogens with zero attached hydrogens (tertiary/aromatic N) is 1. The second-order valence-corrected chi connectivity index (χ2v) is 5.66. The van der Waals surface area contributed by atoms with Gasteiger partial charge in [0.05, 0.1) is 13.2 Å². The van der Waals surface area contributed by atoms with E-state index in [9.17, 15) is 4.79 Å². The smallest absolute Gasteiger partial charge is 0.265 e.